The highest BCUT2D eigenvalue weighted by Gasteiger charge is 2.27. The van der Waals surface area contributed by atoms with Gasteiger partial charge in [-0.25, -0.2) is 9.59 Å². The summed E-state index contributed by atoms with van der Waals surface area (Å²) in [6, 6.07) is 7.71. The third-order valence-corrected chi connectivity index (χ3v) is 7.27. The molecule has 0 radical (unpaired) electrons. The summed E-state index contributed by atoms with van der Waals surface area (Å²) >= 11 is 2.14. The lowest BCUT2D eigenvalue weighted by Crippen LogP contribution is -2.16. The van der Waals surface area contributed by atoms with Gasteiger partial charge in [-0.1, -0.05) is 29.5 Å². The molecule has 1 amide bonds. The molecule has 2 aromatic heterocycles. The van der Waals surface area contributed by atoms with Gasteiger partial charge in [0, 0.05) is 7.05 Å². The summed E-state index contributed by atoms with van der Waals surface area (Å²) in [5.41, 5.74) is 1.65. The van der Waals surface area contributed by atoms with Crippen LogP contribution in [0.15, 0.2) is 29.4 Å². The minimum Gasteiger partial charge on any atom is -0.483 e. The molecule has 0 aliphatic heterocycles. The van der Waals surface area contributed by atoms with Crippen molar-refractivity contribution in [2.75, 3.05) is 25.3 Å². The average molecular weight is 519 g/mol. The number of ether oxygens (including phenoxy) is 3. The maximum absolute atomic E-state index is 12.7. The Morgan fingerprint density at radius 3 is 2.37 bits per heavy atom. The number of amides is 1. The lowest BCUT2D eigenvalue weighted by atomic mass is 10.1. The van der Waals surface area contributed by atoms with Crippen LogP contribution in [0.4, 0.5) is 5.00 Å². The number of hydrogen-bond donors (Lipinski definition) is 1. The van der Waals surface area contributed by atoms with Gasteiger partial charge in [-0.15, -0.1) is 21.5 Å². The predicted octanol–water partition coefficient (Wildman–Crippen LogP) is 3.94. The summed E-state index contributed by atoms with van der Waals surface area (Å²) in [5, 5.41) is 11.8. The second-order valence-electron chi connectivity index (χ2n) is 7.55. The van der Waals surface area contributed by atoms with E-state index in [0.29, 0.717) is 16.5 Å². The van der Waals surface area contributed by atoms with Crippen molar-refractivity contribution < 1.29 is 28.6 Å². The Kier molecular flexibility index (Phi) is 8.52. The number of aromatic nitrogens is 3. The molecule has 12 heteroatoms. The highest BCUT2D eigenvalue weighted by molar-refractivity contribution is 7.99. The standard InChI is InChI=1S/C23H26N4O6S2/c1-12-7-9-15(10-8-12)33-14(3)19-25-26-23(27(19)4)34-11-16(28)24-20-17(21(29)31-5)13(2)18(35-20)22(30)32-6/h7-10,14H,11H2,1-6H3,(H,24,28). The van der Waals surface area contributed by atoms with Gasteiger partial charge in [-0.05, 0) is 38.5 Å². The van der Waals surface area contributed by atoms with E-state index in [1.54, 1.807) is 18.5 Å². The number of nitrogens with zero attached hydrogens (tertiary/aromatic N) is 3. The largest absolute Gasteiger partial charge is 0.483 e. The summed E-state index contributed by atoms with van der Waals surface area (Å²) < 4.78 is 17.3. The number of hydrogen-bond acceptors (Lipinski definition) is 10. The zero-order chi connectivity index (χ0) is 25.7. The van der Waals surface area contributed by atoms with Crippen LogP contribution in [0.2, 0.25) is 0 Å². The molecule has 1 aromatic carbocycles. The van der Waals surface area contributed by atoms with Crippen LogP contribution < -0.4 is 10.1 Å². The van der Waals surface area contributed by atoms with E-state index in [1.807, 2.05) is 38.1 Å². The molecule has 0 fully saturated rings. The highest BCUT2D eigenvalue weighted by atomic mass is 32.2. The van der Waals surface area contributed by atoms with Gasteiger partial charge in [-0.3, -0.25) is 4.79 Å². The maximum atomic E-state index is 12.7. The first-order chi connectivity index (χ1) is 16.7. The Hall–Kier alpha value is -3.38. The molecule has 35 heavy (non-hydrogen) atoms. The van der Waals surface area contributed by atoms with Crippen molar-refractivity contribution in [2.45, 2.75) is 32.0 Å². The van der Waals surface area contributed by atoms with Crippen molar-refractivity contribution in [3.8, 4) is 5.75 Å². The number of carbonyl (C=O) groups is 3. The van der Waals surface area contributed by atoms with E-state index in [0.717, 1.165) is 22.6 Å². The summed E-state index contributed by atoms with van der Waals surface area (Å²) in [6.07, 6.45) is -0.355. The second-order valence-corrected chi connectivity index (χ2v) is 9.52. The van der Waals surface area contributed by atoms with Gasteiger partial charge in [0.2, 0.25) is 5.91 Å². The monoisotopic (exact) mass is 518 g/mol. The number of aryl methyl sites for hydroxylation is 1. The SMILES string of the molecule is COC(=O)c1sc(NC(=O)CSc2nnc(C(C)Oc3ccc(C)cc3)n2C)c(C(=O)OC)c1C. The van der Waals surface area contributed by atoms with E-state index in [9.17, 15) is 14.4 Å². The smallest absolute Gasteiger partial charge is 0.348 e. The molecule has 0 spiro atoms. The molecule has 0 saturated carbocycles. The molecule has 0 aliphatic rings. The molecule has 3 rings (SSSR count). The van der Waals surface area contributed by atoms with Gasteiger partial charge in [0.1, 0.15) is 15.6 Å². The fraction of sp³-hybridized carbons (Fsp3) is 0.348. The number of rotatable bonds is 9. The van der Waals surface area contributed by atoms with Crippen molar-refractivity contribution in [1.82, 2.24) is 14.8 Å². The van der Waals surface area contributed by atoms with Crippen molar-refractivity contribution >= 4 is 45.9 Å². The van der Waals surface area contributed by atoms with E-state index in [-0.39, 0.29) is 33.2 Å². The van der Waals surface area contributed by atoms with Crippen LogP contribution in [-0.4, -0.2) is 52.6 Å². The number of benzene rings is 1. The second kappa shape index (κ2) is 11.4. The lowest BCUT2D eigenvalue weighted by Gasteiger charge is -2.14. The van der Waals surface area contributed by atoms with Crippen LogP contribution in [0, 0.1) is 13.8 Å². The Bertz CT molecular complexity index is 1240. The molecular formula is C23H26N4O6S2. The van der Waals surface area contributed by atoms with Crippen molar-refractivity contribution in [3.05, 3.63) is 51.7 Å². The number of anilines is 1. The number of thiophene rings is 1. The zero-order valence-electron chi connectivity index (χ0n) is 20.2. The average Bonchev–Trinajstić information content (AvgIpc) is 3.37. The third kappa shape index (κ3) is 6.01. The van der Waals surface area contributed by atoms with Crippen LogP contribution in [0.1, 0.15) is 50.0 Å². The minimum atomic E-state index is -0.655. The van der Waals surface area contributed by atoms with E-state index in [4.69, 9.17) is 14.2 Å². The molecule has 1 atom stereocenters. The quantitative estimate of drug-likeness (QED) is 0.331. The van der Waals surface area contributed by atoms with Gasteiger partial charge in [0.05, 0.1) is 25.5 Å². The molecule has 2 heterocycles. The summed E-state index contributed by atoms with van der Waals surface area (Å²) in [4.78, 5) is 37.1. The Balaban J connectivity index is 1.67. The molecule has 186 valence electrons. The van der Waals surface area contributed by atoms with E-state index in [2.05, 4.69) is 15.5 Å². The number of esters is 2. The van der Waals surface area contributed by atoms with Crippen molar-refractivity contribution in [3.63, 3.8) is 0 Å². The van der Waals surface area contributed by atoms with E-state index >= 15 is 0 Å². The first-order valence-corrected chi connectivity index (χ1v) is 12.3. The van der Waals surface area contributed by atoms with Gasteiger partial charge < -0.3 is 24.1 Å². The fourth-order valence-corrected chi connectivity index (χ4v) is 5.06. The first kappa shape index (κ1) is 26.2. The van der Waals surface area contributed by atoms with E-state index < -0.39 is 11.9 Å². The molecule has 10 nitrogen and oxygen atoms in total. The topological polar surface area (TPSA) is 122 Å². The number of nitrogens with one attached hydrogen (secondary N) is 1. The Morgan fingerprint density at radius 2 is 1.74 bits per heavy atom. The Morgan fingerprint density at radius 1 is 1.09 bits per heavy atom. The van der Waals surface area contributed by atoms with Gasteiger partial charge in [0.25, 0.3) is 0 Å². The minimum absolute atomic E-state index is 0.00426. The van der Waals surface area contributed by atoms with Gasteiger partial charge in [0.15, 0.2) is 17.1 Å². The molecule has 1 unspecified atom stereocenters. The van der Waals surface area contributed by atoms with Crippen LogP contribution in [-0.2, 0) is 21.3 Å². The fourth-order valence-electron chi connectivity index (χ4n) is 3.21. The molecule has 0 aliphatic carbocycles. The first-order valence-electron chi connectivity index (χ1n) is 10.5. The molecule has 1 N–H and O–H groups in total. The van der Waals surface area contributed by atoms with E-state index in [1.165, 1.54) is 26.0 Å². The number of methoxy groups -OCH3 is 2. The van der Waals surface area contributed by atoms with Crippen LogP contribution in [0.25, 0.3) is 0 Å². The van der Waals surface area contributed by atoms with Gasteiger partial charge in [-0.2, -0.15) is 0 Å². The number of thioether (sulfide) groups is 1. The summed E-state index contributed by atoms with van der Waals surface area (Å²) in [5.74, 6) is -0.300. The Labute approximate surface area is 211 Å². The van der Waals surface area contributed by atoms with Gasteiger partial charge >= 0.3 is 11.9 Å². The number of carbonyl (C=O) groups excluding carboxylic acids is 3. The van der Waals surface area contributed by atoms with Crippen molar-refractivity contribution in [2.24, 2.45) is 7.05 Å². The molecule has 0 saturated heterocycles. The lowest BCUT2D eigenvalue weighted by molar-refractivity contribution is -0.113. The summed E-state index contributed by atoms with van der Waals surface area (Å²) in [7, 11) is 4.27. The van der Waals surface area contributed by atoms with Crippen LogP contribution in [0.5, 0.6) is 5.75 Å². The van der Waals surface area contributed by atoms with Crippen LogP contribution in [0.3, 0.4) is 0 Å². The summed E-state index contributed by atoms with van der Waals surface area (Å²) in [6.45, 7) is 5.47. The van der Waals surface area contributed by atoms with Crippen molar-refractivity contribution in [1.29, 1.82) is 0 Å². The molecule has 0 bridgehead atoms. The normalized spacial score (nSPS) is 11.6. The highest BCUT2D eigenvalue weighted by Crippen LogP contribution is 2.34. The predicted molar refractivity (Wildman–Crippen MR) is 132 cm³/mol. The molecule has 3 aromatic rings. The van der Waals surface area contributed by atoms with Crippen LogP contribution >= 0.6 is 23.1 Å². The maximum Gasteiger partial charge on any atom is 0.348 e. The third-order valence-electron chi connectivity index (χ3n) is 5.06. The zero-order valence-corrected chi connectivity index (χ0v) is 21.8. The molecular weight excluding hydrogens is 492 g/mol.